The van der Waals surface area contributed by atoms with Crippen LogP contribution in [0.5, 0.6) is 0 Å². The molecule has 0 spiro atoms. The molecule has 0 bridgehead atoms. The molecule has 1 N–H and O–H groups in total. The van der Waals surface area contributed by atoms with Crippen LogP contribution in [-0.2, 0) is 4.79 Å². The predicted octanol–water partition coefficient (Wildman–Crippen LogP) is 3.48. The number of rotatable bonds is 6. The van der Waals surface area contributed by atoms with Crippen molar-refractivity contribution in [3.63, 3.8) is 0 Å². The normalized spacial score (nSPS) is 27.1. The van der Waals surface area contributed by atoms with E-state index in [0.717, 1.165) is 19.4 Å². The summed E-state index contributed by atoms with van der Waals surface area (Å²) in [4.78, 5) is 14.9. The first-order valence-electron chi connectivity index (χ1n) is 8.30. The van der Waals surface area contributed by atoms with E-state index in [2.05, 4.69) is 48.3 Å². The van der Waals surface area contributed by atoms with Gasteiger partial charge in [0.15, 0.2) is 0 Å². The molecule has 1 amide bonds. The van der Waals surface area contributed by atoms with Crippen LogP contribution in [0.25, 0.3) is 0 Å². The van der Waals surface area contributed by atoms with Gasteiger partial charge in [-0.15, -0.1) is 0 Å². The van der Waals surface area contributed by atoms with E-state index >= 15 is 0 Å². The van der Waals surface area contributed by atoms with Crippen molar-refractivity contribution >= 4 is 5.91 Å². The zero-order valence-electron chi connectivity index (χ0n) is 13.1. The molecule has 21 heavy (non-hydrogen) atoms. The minimum Gasteiger partial charge on any atom is -0.321 e. The number of carbonyl (C=O) groups excluding carboxylic acids is 1. The summed E-state index contributed by atoms with van der Waals surface area (Å²) in [6.07, 6.45) is 5.74. The van der Waals surface area contributed by atoms with Gasteiger partial charge in [-0.3, -0.25) is 10.1 Å². The van der Waals surface area contributed by atoms with Crippen molar-refractivity contribution in [2.24, 2.45) is 5.41 Å². The average molecular weight is 286 g/mol. The summed E-state index contributed by atoms with van der Waals surface area (Å²) < 4.78 is 0. The zero-order chi connectivity index (χ0) is 14.9. The molecule has 1 aromatic rings. The summed E-state index contributed by atoms with van der Waals surface area (Å²) in [6.45, 7) is 5.31. The highest BCUT2D eigenvalue weighted by molar-refractivity contribution is 5.84. The van der Waals surface area contributed by atoms with Crippen LogP contribution in [0.15, 0.2) is 30.3 Å². The maximum atomic E-state index is 12.8. The van der Waals surface area contributed by atoms with Crippen molar-refractivity contribution in [2.45, 2.75) is 58.2 Å². The van der Waals surface area contributed by atoms with Crippen LogP contribution in [0.1, 0.15) is 57.7 Å². The second-order valence-electron chi connectivity index (χ2n) is 6.64. The maximum Gasteiger partial charge on any atom is 0.241 e. The maximum absolute atomic E-state index is 12.8. The van der Waals surface area contributed by atoms with E-state index in [0.29, 0.717) is 11.3 Å². The van der Waals surface area contributed by atoms with Crippen LogP contribution in [0.3, 0.4) is 0 Å². The second kappa shape index (κ2) is 5.80. The lowest BCUT2D eigenvalue weighted by molar-refractivity contribution is -0.131. The van der Waals surface area contributed by atoms with Crippen LogP contribution in [0, 0.1) is 5.41 Å². The first kappa shape index (κ1) is 14.6. The number of amides is 1. The molecular weight excluding hydrogens is 260 g/mol. The summed E-state index contributed by atoms with van der Waals surface area (Å²) in [5.74, 6) is 0.297. The Bertz CT molecular complexity index is 495. The van der Waals surface area contributed by atoms with Gasteiger partial charge in [0.1, 0.15) is 6.17 Å². The molecule has 2 unspecified atom stereocenters. The molecule has 3 heteroatoms. The van der Waals surface area contributed by atoms with Crippen LogP contribution < -0.4 is 5.32 Å². The molecule has 0 radical (unpaired) electrons. The van der Waals surface area contributed by atoms with Crippen molar-refractivity contribution in [3.8, 4) is 0 Å². The molecule has 1 aliphatic heterocycles. The van der Waals surface area contributed by atoms with Gasteiger partial charge < -0.3 is 4.90 Å². The van der Waals surface area contributed by atoms with Crippen LogP contribution in [0.2, 0.25) is 0 Å². The SMILES string of the molecule is CCCC1NC(c2ccccc2)N(CC2(CC)CC2)C1=O. The smallest absolute Gasteiger partial charge is 0.241 e. The number of hydrogen-bond donors (Lipinski definition) is 1. The Kier molecular flexibility index (Phi) is 4.03. The van der Waals surface area contributed by atoms with Crippen molar-refractivity contribution in [2.75, 3.05) is 6.54 Å². The van der Waals surface area contributed by atoms with Gasteiger partial charge in [0.25, 0.3) is 0 Å². The van der Waals surface area contributed by atoms with E-state index < -0.39 is 0 Å². The molecule has 2 aliphatic rings. The zero-order valence-corrected chi connectivity index (χ0v) is 13.1. The van der Waals surface area contributed by atoms with Gasteiger partial charge >= 0.3 is 0 Å². The number of nitrogens with zero attached hydrogens (tertiary/aromatic N) is 1. The fraction of sp³-hybridized carbons (Fsp3) is 0.611. The van der Waals surface area contributed by atoms with Crippen LogP contribution >= 0.6 is 0 Å². The summed E-state index contributed by atoms with van der Waals surface area (Å²) in [5, 5.41) is 3.56. The Balaban J connectivity index is 1.83. The van der Waals surface area contributed by atoms with E-state index in [1.165, 1.54) is 24.8 Å². The van der Waals surface area contributed by atoms with Gasteiger partial charge in [-0.1, -0.05) is 50.6 Å². The lowest BCUT2D eigenvalue weighted by atomic mass is 10.0. The van der Waals surface area contributed by atoms with Crippen molar-refractivity contribution < 1.29 is 4.79 Å². The van der Waals surface area contributed by atoms with Gasteiger partial charge in [-0.25, -0.2) is 0 Å². The molecule has 3 nitrogen and oxygen atoms in total. The number of nitrogens with one attached hydrogen (secondary N) is 1. The van der Waals surface area contributed by atoms with E-state index in [-0.39, 0.29) is 12.2 Å². The molecule has 3 rings (SSSR count). The Morgan fingerprint density at radius 1 is 1.24 bits per heavy atom. The highest BCUT2D eigenvalue weighted by Gasteiger charge is 2.48. The van der Waals surface area contributed by atoms with E-state index in [9.17, 15) is 4.79 Å². The Labute approximate surface area is 127 Å². The summed E-state index contributed by atoms with van der Waals surface area (Å²) in [6, 6.07) is 10.4. The minimum atomic E-state index is -0.00661. The monoisotopic (exact) mass is 286 g/mol. The quantitative estimate of drug-likeness (QED) is 0.868. The lowest BCUT2D eigenvalue weighted by Crippen LogP contribution is -2.36. The molecule has 1 saturated carbocycles. The van der Waals surface area contributed by atoms with Gasteiger partial charge in [0.05, 0.1) is 6.04 Å². The third-order valence-electron chi connectivity index (χ3n) is 5.16. The lowest BCUT2D eigenvalue weighted by Gasteiger charge is -2.28. The second-order valence-corrected chi connectivity index (χ2v) is 6.64. The summed E-state index contributed by atoms with van der Waals surface area (Å²) in [7, 11) is 0. The molecule has 1 saturated heterocycles. The van der Waals surface area contributed by atoms with Gasteiger partial charge in [-0.2, -0.15) is 0 Å². The fourth-order valence-electron chi connectivity index (χ4n) is 3.42. The van der Waals surface area contributed by atoms with Gasteiger partial charge in [0.2, 0.25) is 5.91 Å². The van der Waals surface area contributed by atoms with Crippen molar-refractivity contribution in [3.05, 3.63) is 35.9 Å². The van der Waals surface area contributed by atoms with E-state index in [4.69, 9.17) is 0 Å². The Morgan fingerprint density at radius 3 is 2.52 bits per heavy atom. The molecule has 0 aromatic heterocycles. The van der Waals surface area contributed by atoms with Gasteiger partial charge in [-0.05, 0) is 36.7 Å². The van der Waals surface area contributed by atoms with E-state index in [1.807, 2.05) is 6.07 Å². The van der Waals surface area contributed by atoms with Crippen molar-refractivity contribution in [1.29, 1.82) is 0 Å². The molecular formula is C18H26N2O. The predicted molar refractivity (Wildman–Crippen MR) is 84.7 cm³/mol. The van der Waals surface area contributed by atoms with Gasteiger partial charge in [0, 0.05) is 6.54 Å². The minimum absolute atomic E-state index is 0.00661. The first-order valence-corrected chi connectivity index (χ1v) is 8.30. The number of carbonyl (C=O) groups is 1. The van der Waals surface area contributed by atoms with E-state index in [1.54, 1.807) is 0 Å². The largest absolute Gasteiger partial charge is 0.321 e. The average Bonchev–Trinajstić information content (AvgIpc) is 3.24. The highest BCUT2D eigenvalue weighted by Crippen LogP contribution is 2.50. The third-order valence-corrected chi connectivity index (χ3v) is 5.16. The molecule has 2 atom stereocenters. The number of benzene rings is 1. The summed E-state index contributed by atoms with van der Waals surface area (Å²) in [5.41, 5.74) is 1.60. The Morgan fingerprint density at radius 2 is 1.95 bits per heavy atom. The molecule has 1 aromatic carbocycles. The number of hydrogen-bond acceptors (Lipinski definition) is 2. The van der Waals surface area contributed by atoms with Crippen LogP contribution in [-0.4, -0.2) is 23.4 Å². The molecule has 1 aliphatic carbocycles. The fourth-order valence-corrected chi connectivity index (χ4v) is 3.42. The molecule has 2 fully saturated rings. The highest BCUT2D eigenvalue weighted by atomic mass is 16.2. The standard InChI is InChI=1S/C18H26N2O/c1-3-8-15-17(21)20(13-18(4-2)11-12-18)16(19-15)14-9-6-5-7-10-14/h5-7,9-10,15-16,19H,3-4,8,11-13H2,1-2H3. The topological polar surface area (TPSA) is 32.3 Å². The van der Waals surface area contributed by atoms with Crippen molar-refractivity contribution in [1.82, 2.24) is 10.2 Å². The first-order chi connectivity index (χ1) is 10.2. The summed E-state index contributed by atoms with van der Waals surface area (Å²) >= 11 is 0. The molecule has 1 heterocycles. The molecule has 114 valence electrons. The third kappa shape index (κ3) is 2.84. The van der Waals surface area contributed by atoms with Crippen LogP contribution in [0.4, 0.5) is 0 Å². The Hall–Kier alpha value is -1.35.